The molecule has 4 heteroatoms. The van der Waals surface area contributed by atoms with E-state index < -0.39 is 0 Å². The maximum Gasteiger partial charge on any atom is 0.272 e. The molecule has 0 radical (unpaired) electrons. The van der Waals surface area contributed by atoms with Gasteiger partial charge in [-0.3, -0.25) is 15.1 Å². The number of nitro groups is 1. The molecule has 0 saturated heterocycles. The molecule has 2 aromatic rings. The van der Waals surface area contributed by atoms with Crippen molar-refractivity contribution < 1.29 is 4.92 Å². The molecule has 0 fully saturated rings. The van der Waals surface area contributed by atoms with Gasteiger partial charge in [0.25, 0.3) is 5.69 Å². The molecular formula is C15H12N2O2. The number of hydrogen-bond acceptors (Lipinski definition) is 3. The molecule has 1 aliphatic rings. The summed E-state index contributed by atoms with van der Waals surface area (Å²) in [7, 11) is 0. The van der Waals surface area contributed by atoms with E-state index in [4.69, 9.17) is 0 Å². The van der Waals surface area contributed by atoms with Crippen molar-refractivity contribution in [2.24, 2.45) is 4.99 Å². The molecule has 0 atom stereocenters. The lowest BCUT2D eigenvalue weighted by molar-refractivity contribution is -0.385. The monoisotopic (exact) mass is 252 g/mol. The van der Waals surface area contributed by atoms with Gasteiger partial charge in [0.15, 0.2) is 0 Å². The van der Waals surface area contributed by atoms with Gasteiger partial charge in [0.1, 0.15) is 0 Å². The highest BCUT2D eigenvalue weighted by atomic mass is 16.6. The summed E-state index contributed by atoms with van der Waals surface area (Å²) in [6.45, 7) is 0. The third-order valence-corrected chi connectivity index (χ3v) is 3.25. The molecule has 0 bridgehead atoms. The summed E-state index contributed by atoms with van der Waals surface area (Å²) in [5.74, 6) is 0. The van der Waals surface area contributed by atoms with Gasteiger partial charge in [0, 0.05) is 30.2 Å². The molecule has 0 N–H and O–H groups in total. The lowest BCUT2D eigenvalue weighted by atomic mass is 10.0. The van der Waals surface area contributed by atoms with E-state index in [0.717, 1.165) is 23.4 Å². The van der Waals surface area contributed by atoms with E-state index >= 15 is 0 Å². The third-order valence-electron chi connectivity index (χ3n) is 3.25. The molecule has 0 amide bonds. The van der Waals surface area contributed by atoms with E-state index in [-0.39, 0.29) is 10.6 Å². The molecular weight excluding hydrogens is 240 g/mol. The van der Waals surface area contributed by atoms with Crippen molar-refractivity contribution in [3.8, 4) is 0 Å². The fourth-order valence-corrected chi connectivity index (χ4v) is 2.36. The summed E-state index contributed by atoms with van der Waals surface area (Å²) in [6.07, 6.45) is 1.31. The highest BCUT2D eigenvalue weighted by Crippen LogP contribution is 2.28. The van der Waals surface area contributed by atoms with Crippen LogP contribution in [0.1, 0.15) is 11.1 Å². The highest BCUT2D eigenvalue weighted by molar-refractivity contribution is 5.95. The molecule has 94 valence electrons. The SMILES string of the molecule is O=[N+]([O-])c1ccccc1CC1=Nc2ccccc2C1. The van der Waals surface area contributed by atoms with E-state index in [1.165, 1.54) is 11.6 Å². The number of para-hydroxylation sites is 2. The first-order valence-corrected chi connectivity index (χ1v) is 6.10. The first-order chi connectivity index (χ1) is 9.24. The molecule has 2 aromatic carbocycles. The number of aliphatic imine (C=N–C) groups is 1. The van der Waals surface area contributed by atoms with Crippen LogP contribution in [0.15, 0.2) is 53.5 Å². The van der Waals surface area contributed by atoms with E-state index in [9.17, 15) is 10.1 Å². The van der Waals surface area contributed by atoms with Gasteiger partial charge in [-0.15, -0.1) is 0 Å². The van der Waals surface area contributed by atoms with Gasteiger partial charge >= 0.3 is 0 Å². The average molecular weight is 252 g/mol. The second-order valence-corrected chi connectivity index (χ2v) is 4.55. The van der Waals surface area contributed by atoms with E-state index in [2.05, 4.69) is 4.99 Å². The predicted molar refractivity (Wildman–Crippen MR) is 74.0 cm³/mol. The molecule has 19 heavy (non-hydrogen) atoms. The van der Waals surface area contributed by atoms with Crippen LogP contribution in [-0.4, -0.2) is 10.6 Å². The smallest absolute Gasteiger partial charge is 0.258 e. The van der Waals surface area contributed by atoms with Crippen molar-refractivity contribution in [1.29, 1.82) is 0 Å². The number of nitro benzene ring substituents is 1. The van der Waals surface area contributed by atoms with Crippen LogP contribution >= 0.6 is 0 Å². The quantitative estimate of drug-likeness (QED) is 0.620. The second kappa shape index (κ2) is 4.65. The fraction of sp³-hybridized carbons (Fsp3) is 0.133. The number of rotatable bonds is 3. The van der Waals surface area contributed by atoms with E-state index in [1.807, 2.05) is 30.3 Å². The van der Waals surface area contributed by atoms with Gasteiger partial charge in [-0.1, -0.05) is 36.4 Å². The molecule has 3 rings (SSSR count). The van der Waals surface area contributed by atoms with Crippen molar-refractivity contribution in [3.63, 3.8) is 0 Å². The number of benzene rings is 2. The number of fused-ring (bicyclic) bond motifs is 1. The van der Waals surface area contributed by atoms with Gasteiger partial charge < -0.3 is 0 Å². The summed E-state index contributed by atoms with van der Waals surface area (Å²) < 4.78 is 0. The molecule has 0 saturated carbocycles. The Morgan fingerprint density at radius 2 is 1.84 bits per heavy atom. The minimum Gasteiger partial charge on any atom is -0.258 e. The zero-order valence-corrected chi connectivity index (χ0v) is 10.2. The van der Waals surface area contributed by atoms with Gasteiger partial charge in [-0.05, 0) is 11.6 Å². The standard InChI is InChI=1S/C15H12N2O2/c18-17(19)15-8-4-2-6-12(15)10-13-9-11-5-1-3-7-14(11)16-13/h1-8H,9-10H2. The summed E-state index contributed by atoms with van der Waals surface area (Å²) in [5.41, 5.74) is 4.04. The van der Waals surface area contributed by atoms with Gasteiger partial charge in [-0.2, -0.15) is 0 Å². The molecule has 1 heterocycles. The maximum atomic E-state index is 11.0. The minimum absolute atomic E-state index is 0.168. The summed E-state index contributed by atoms with van der Waals surface area (Å²) in [5, 5.41) is 11.0. The first kappa shape index (κ1) is 11.6. The Bertz CT molecular complexity index is 677. The highest BCUT2D eigenvalue weighted by Gasteiger charge is 2.18. The lowest BCUT2D eigenvalue weighted by Crippen LogP contribution is -2.05. The number of nitrogens with zero attached hydrogens (tertiary/aromatic N) is 2. The Hall–Kier alpha value is -2.49. The Morgan fingerprint density at radius 3 is 2.63 bits per heavy atom. The van der Waals surface area contributed by atoms with Crippen molar-refractivity contribution in [2.75, 3.05) is 0 Å². The summed E-state index contributed by atoms with van der Waals surface area (Å²) >= 11 is 0. The van der Waals surface area contributed by atoms with Crippen molar-refractivity contribution in [3.05, 3.63) is 69.8 Å². The van der Waals surface area contributed by atoms with Crippen molar-refractivity contribution in [2.45, 2.75) is 12.8 Å². The fourth-order valence-electron chi connectivity index (χ4n) is 2.36. The van der Waals surface area contributed by atoms with Crippen LogP contribution < -0.4 is 0 Å². The Morgan fingerprint density at radius 1 is 1.11 bits per heavy atom. The molecule has 0 unspecified atom stereocenters. The molecule has 0 spiro atoms. The number of hydrogen-bond donors (Lipinski definition) is 0. The zero-order chi connectivity index (χ0) is 13.2. The van der Waals surface area contributed by atoms with Gasteiger partial charge in [-0.25, -0.2) is 0 Å². The molecule has 0 aliphatic carbocycles. The van der Waals surface area contributed by atoms with Crippen LogP contribution in [0.4, 0.5) is 11.4 Å². The topological polar surface area (TPSA) is 55.5 Å². The largest absolute Gasteiger partial charge is 0.272 e. The average Bonchev–Trinajstić information content (AvgIpc) is 2.81. The first-order valence-electron chi connectivity index (χ1n) is 6.10. The van der Waals surface area contributed by atoms with Crippen LogP contribution in [0.25, 0.3) is 0 Å². The summed E-state index contributed by atoms with van der Waals surface area (Å²) in [4.78, 5) is 15.2. The Labute approximate surface area is 110 Å². The third kappa shape index (κ3) is 2.25. The van der Waals surface area contributed by atoms with Crippen LogP contribution in [-0.2, 0) is 12.8 Å². The second-order valence-electron chi connectivity index (χ2n) is 4.55. The van der Waals surface area contributed by atoms with Crippen LogP contribution in [0, 0.1) is 10.1 Å². The lowest BCUT2D eigenvalue weighted by Gasteiger charge is -2.02. The van der Waals surface area contributed by atoms with Crippen LogP contribution in [0.3, 0.4) is 0 Å². The van der Waals surface area contributed by atoms with E-state index in [0.29, 0.717) is 6.42 Å². The Kier molecular flexibility index (Phi) is 2.83. The molecule has 0 aromatic heterocycles. The van der Waals surface area contributed by atoms with Crippen molar-refractivity contribution >= 4 is 17.1 Å². The van der Waals surface area contributed by atoms with Crippen molar-refractivity contribution in [1.82, 2.24) is 0 Å². The van der Waals surface area contributed by atoms with E-state index in [1.54, 1.807) is 12.1 Å². The zero-order valence-electron chi connectivity index (χ0n) is 10.2. The summed E-state index contributed by atoms with van der Waals surface area (Å²) in [6, 6.07) is 14.8. The minimum atomic E-state index is -0.335. The predicted octanol–water partition coefficient (Wildman–Crippen LogP) is 3.47. The van der Waals surface area contributed by atoms with Gasteiger partial charge in [0.2, 0.25) is 0 Å². The Balaban J connectivity index is 1.87. The molecule has 1 aliphatic heterocycles. The van der Waals surface area contributed by atoms with Crippen LogP contribution in [0.5, 0.6) is 0 Å². The maximum absolute atomic E-state index is 11.0. The van der Waals surface area contributed by atoms with Gasteiger partial charge in [0.05, 0.1) is 10.6 Å². The normalized spacial score (nSPS) is 12.9. The molecule has 4 nitrogen and oxygen atoms in total. The van der Waals surface area contributed by atoms with Crippen LogP contribution in [0.2, 0.25) is 0 Å².